The molecule has 0 bridgehead atoms. The van der Waals surface area contributed by atoms with E-state index in [-0.39, 0.29) is 12.2 Å². The van der Waals surface area contributed by atoms with Crippen molar-refractivity contribution in [3.8, 4) is 11.5 Å². The lowest BCUT2D eigenvalue weighted by atomic mass is 10.2. The molecule has 0 aliphatic heterocycles. The van der Waals surface area contributed by atoms with Gasteiger partial charge in [0.25, 0.3) is 0 Å². The Hall–Kier alpha value is -2.16. The largest absolute Gasteiger partial charge is 0.491 e. The quantitative estimate of drug-likeness (QED) is 0.791. The lowest BCUT2D eigenvalue weighted by Crippen LogP contribution is -2.09. The smallest absolute Gasteiger partial charge is 0.124 e. The molecule has 0 saturated heterocycles. The number of para-hydroxylation sites is 1. The Balaban J connectivity index is 1.98. The van der Waals surface area contributed by atoms with Gasteiger partial charge in [-0.2, -0.15) is 0 Å². The van der Waals surface area contributed by atoms with E-state index < -0.39 is 0 Å². The van der Waals surface area contributed by atoms with Crippen molar-refractivity contribution in [3.05, 3.63) is 54.1 Å². The SMILES string of the molecule is CC(C)Oc1ccc(NCc2ccccc2OC(C)C)cc1. The second-order valence-electron chi connectivity index (χ2n) is 5.82. The lowest BCUT2D eigenvalue weighted by Gasteiger charge is -2.15. The van der Waals surface area contributed by atoms with E-state index in [4.69, 9.17) is 9.47 Å². The molecule has 0 amide bonds. The molecular formula is C19H25NO2. The number of benzene rings is 2. The maximum atomic E-state index is 5.84. The molecule has 0 radical (unpaired) electrons. The summed E-state index contributed by atoms with van der Waals surface area (Å²) in [7, 11) is 0. The first-order chi connectivity index (χ1) is 10.5. The van der Waals surface area contributed by atoms with Gasteiger partial charge >= 0.3 is 0 Å². The molecule has 0 aliphatic rings. The van der Waals surface area contributed by atoms with Gasteiger partial charge in [0.15, 0.2) is 0 Å². The molecule has 22 heavy (non-hydrogen) atoms. The summed E-state index contributed by atoms with van der Waals surface area (Å²) < 4.78 is 11.5. The standard InChI is InChI=1S/C19H25NO2/c1-14(2)21-18-11-9-17(10-12-18)20-13-16-7-5-6-8-19(16)22-15(3)4/h5-12,14-15,20H,13H2,1-4H3. The summed E-state index contributed by atoms with van der Waals surface area (Å²) >= 11 is 0. The van der Waals surface area contributed by atoms with E-state index in [0.717, 1.165) is 29.3 Å². The van der Waals surface area contributed by atoms with Gasteiger partial charge in [-0.3, -0.25) is 0 Å². The fourth-order valence-electron chi connectivity index (χ4n) is 2.14. The van der Waals surface area contributed by atoms with Crippen LogP contribution in [0.3, 0.4) is 0 Å². The van der Waals surface area contributed by atoms with Crippen molar-refractivity contribution >= 4 is 5.69 Å². The number of rotatable bonds is 7. The van der Waals surface area contributed by atoms with Crippen LogP contribution in [0.1, 0.15) is 33.3 Å². The van der Waals surface area contributed by atoms with Crippen molar-refractivity contribution in [2.75, 3.05) is 5.32 Å². The molecule has 0 heterocycles. The molecule has 0 aromatic heterocycles. The van der Waals surface area contributed by atoms with Crippen LogP contribution in [-0.2, 0) is 6.54 Å². The molecule has 0 atom stereocenters. The van der Waals surface area contributed by atoms with E-state index in [1.807, 2.05) is 70.2 Å². The zero-order chi connectivity index (χ0) is 15.9. The van der Waals surface area contributed by atoms with Crippen LogP contribution in [0.15, 0.2) is 48.5 Å². The average molecular weight is 299 g/mol. The number of nitrogens with one attached hydrogen (secondary N) is 1. The Labute approximate surface area is 133 Å². The van der Waals surface area contributed by atoms with E-state index in [0.29, 0.717) is 0 Å². The van der Waals surface area contributed by atoms with Gasteiger partial charge < -0.3 is 14.8 Å². The number of hydrogen-bond acceptors (Lipinski definition) is 3. The Kier molecular flexibility index (Phi) is 5.70. The van der Waals surface area contributed by atoms with E-state index in [9.17, 15) is 0 Å². The van der Waals surface area contributed by atoms with Crippen LogP contribution in [-0.4, -0.2) is 12.2 Å². The van der Waals surface area contributed by atoms with Gasteiger partial charge in [-0.15, -0.1) is 0 Å². The van der Waals surface area contributed by atoms with E-state index in [2.05, 4.69) is 11.4 Å². The van der Waals surface area contributed by atoms with E-state index in [1.54, 1.807) is 0 Å². The first-order valence-corrected chi connectivity index (χ1v) is 7.79. The van der Waals surface area contributed by atoms with E-state index in [1.165, 1.54) is 0 Å². The zero-order valence-corrected chi connectivity index (χ0v) is 13.8. The third kappa shape index (κ3) is 4.99. The molecule has 3 nitrogen and oxygen atoms in total. The second-order valence-corrected chi connectivity index (χ2v) is 5.82. The van der Waals surface area contributed by atoms with Gasteiger partial charge in [0.1, 0.15) is 11.5 Å². The Bertz CT molecular complexity index is 576. The summed E-state index contributed by atoms with van der Waals surface area (Å²) in [5, 5.41) is 3.42. The van der Waals surface area contributed by atoms with Gasteiger partial charge in [0.05, 0.1) is 12.2 Å². The lowest BCUT2D eigenvalue weighted by molar-refractivity contribution is 0.240. The Morgan fingerprint density at radius 3 is 2.09 bits per heavy atom. The van der Waals surface area contributed by atoms with Crippen molar-refractivity contribution in [1.29, 1.82) is 0 Å². The number of hydrogen-bond donors (Lipinski definition) is 1. The summed E-state index contributed by atoms with van der Waals surface area (Å²) in [6.07, 6.45) is 0.368. The van der Waals surface area contributed by atoms with Crippen LogP contribution < -0.4 is 14.8 Å². The van der Waals surface area contributed by atoms with Crippen molar-refractivity contribution in [3.63, 3.8) is 0 Å². The highest BCUT2D eigenvalue weighted by Gasteiger charge is 2.05. The average Bonchev–Trinajstić information content (AvgIpc) is 2.47. The van der Waals surface area contributed by atoms with Crippen molar-refractivity contribution in [1.82, 2.24) is 0 Å². The normalized spacial score (nSPS) is 10.8. The van der Waals surface area contributed by atoms with Gasteiger partial charge in [0.2, 0.25) is 0 Å². The summed E-state index contributed by atoms with van der Waals surface area (Å²) in [5.74, 6) is 1.83. The first kappa shape index (κ1) is 16.2. The van der Waals surface area contributed by atoms with Gasteiger partial charge in [-0.1, -0.05) is 18.2 Å². The molecule has 0 fully saturated rings. The second kappa shape index (κ2) is 7.74. The van der Waals surface area contributed by atoms with Gasteiger partial charge in [-0.05, 0) is 58.0 Å². The number of ether oxygens (including phenoxy) is 2. The third-order valence-electron chi connectivity index (χ3n) is 3.04. The molecular weight excluding hydrogens is 274 g/mol. The molecule has 2 aromatic carbocycles. The first-order valence-electron chi connectivity index (χ1n) is 7.79. The van der Waals surface area contributed by atoms with Crippen molar-refractivity contribution < 1.29 is 9.47 Å². The minimum absolute atomic E-state index is 0.175. The monoisotopic (exact) mass is 299 g/mol. The predicted molar refractivity (Wildman–Crippen MR) is 91.7 cm³/mol. The molecule has 1 N–H and O–H groups in total. The van der Waals surface area contributed by atoms with Crippen molar-refractivity contribution in [2.45, 2.75) is 46.4 Å². The maximum Gasteiger partial charge on any atom is 0.124 e. The van der Waals surface area contributed by atoms with Crippen LogP contribution in [0.5, 0.6) is 11.5 Å². The highest BCUT2D eigenvalue weighted by atomic mass is 16.5. The fourth-order valence-corrected chi connectivity index (χ4v) is 2.14. The maximum absolute atomic E-state index is 5.84. The van der Waals surface area contributed by atoms with Gasteiger partial charge in [-0.25, -0.2) is 0 Å². The Morgan fingerprint density at radius 2 is 1.45 bits per heavy atom. The topological polar surface area (TPSA) is 30.5 Å². The molecule has 118 valence electrons. The minimum atomic E-state index is 0.175. The Morgan fingerprint density at radius 1 is 0.818 bits per heavy atom. The van der Waals surface area contributed by atoms with Gasteiger partial charge in [0, 0.05) is 17.8 Å². The predicted octanol–water partition coefficient (Wildman–Crippen LogP) is 4.87. The van der Waals surface area contributed by atoms with Crippen LogP contribution in [0, 0.1) is 0 Å². The molecule has 0 saturated carbocycles. The summed E-state index contributed by atoms with van der Waals surface area (Å²) in [6.45, 7) is 8.86. The third-order valence-corrected chi connectivity index (χ3v) is 3.04. The summed E-state index contributed by atoms with van der Waals surface area (Å²) in [4.78, 5) is 0. The minimum Gasteiger partial charge on any atom is -0.491 e. The highest BCUT2D eigenvalue weighted by molar-refractivity contribution is 5.48. The summed E-state index contributed by atoms with van der Waals surface area (Å²) in [6, 6.07) is 16.2. The molecule has 2 rings (SSSR count). The molecule has 0 unspecified atom stereocenters. The molecule has 3 heteroatoms. The summed E-state index contributed by atoms with van der Waals surface area (Å²) in [5.41, 5.74) is 2.22. The number of anilines is 1. The molecule has 0 spiro atoms. The van der Waals surface area contributed by atoms with E-state index >= 15 is 0 Å². The molecule has 0 aliphatic carbocycles. The zero-order valence-electron chi connectivity index (χ0n) is 13.8. The van der Waals surface area contributed by atoms with Crippen LogP contribution >= 0.6 is 0 Å². The van der Waals surface area contributed by atoms with Crippen LogP contribution in [0.4, 0.5) is 5.69 Å². The van der Waals surface area contributed by atoms with Crippen LogP contribution in [0.2, 0.25) is 0 Å². The van der Waals surface area contributed by atoms with Crippen molar-refractivity contribution in [2.24, 2.45) is 0 Å². The molecule has 2 aromatic rings. The van der Waals surface area contributed by atoms with Crippen LogP contribution in [0.25, 0.3) is 0 Å². The highest BCUT2D eigenvalue weighted by Crippen LogP contribution is 2.22. The fraction of sp³-hybridized carbons (Fsp3) is 0.368.